The Labute approximate surface area is 104 Å². The summed E-state index contributed by atoms with van der Waals surface area (Å²) < 4.78 is 5.27. The molecule has 0 spiro atoms. The first-order valence-electron chi connectivity index (χ1n) is 5.81. The van der Waals surface area contributed by atoms with Crippen LogP contribution in [0.3, 0.4) is 0 Å². The molecule has 0 heterocycles. The number of aliphatic hydroxyl groups is 1. The fourth-order valence-electron chi connectivity index (χ4n) is 1.51. The Morgan fingerprint density at radius 2 is 2.19 bits per heavy atom. The van der Waals surface area contributed by atoms with E-state index in [1.54, 1.807) is 6.08 Å². The first-order chi connectivity index (χ1) is 7.63. The Morgan fingerprint density at radius 1 is 1.50 bits per heavy atom. The molecule has 3 nitrogen and oxygen atoms in total. The number of hydrogen-bond donors (Lipinski definition) is 2. The lowest BCUT2D eigenvalue weighted by atomic mass is 9.93. The molecule has 3 atom stereocenters. The number of alkyl halides is 1. The van der Waals surface area contributed by atoms with Crippen LogP contribution in [-0.4, -0.2) is 36.3 Å². The van der Waals surface area contributed by atoms with E-state index in [1.807, 2.05) is 6.92 Å². The zero-order valence-corrected chi connectivity index (χ0v) is 10.8. The summed E-state index contributed by atoms with van der Waals surface area (Å²) in [4.78, 5) is 0. The largest absolute Gasteiger partial charge is 0.390 e. The highest BCUT2D eigenvalue weighted by Gasteiger charge is 2.19. The van der Waals surface area contributed by atoms with Gasteiger partial charge < -0.3 is 15.6 Å². The Bertz CT molecular complexity index is 178. The Kier molecular flexibility index (Phi) is 10.0. The van der Waals surface area contributed by atoms with Crippen molar-refractivity contribution in [2.75, 3.05) is 19.1 Å². The third-order valence-corrected chi connectivity index (χ3v) is 3.01. The number of rotatable bonds is 10. The summed E-state index contributed by atoms with van der Waals surface area (Å²) in [6.07, 6.45) is 4.21. The van der Waals surface area contributed by atoms with E-state index in [2.05, 4.69) is 6.58 Å². The third-order valence-electron chi connectivity index (χ3n) is 2.69. The van der Waals surface area contributed by atoms with Gasteiger partial charge >= 0.3 is 0 Å². The topological polar surface area (TPSA) is 55.5 Å². The number of ether oxygens (including phenoxy) is 1. The first-order valence-corrected chi connectivity index (χ1v) is 6.35. The zero-order valence-electron chi connectivity index (χ0n) is 10.1. The third kappa shape index (κ3) is 7.23. The van der Waals surface area contributed by atoms with Gasteiger partial charge in [0.15, 0.2) is 0 Å². The molecule has 0 aromatic heterocycles. The highest BCUT2D eigenvalue weighted by molar-refractivity contribution is 6.18. The average Bonchev–Trinajstić information content (AvgIpc) is 2.31. The van der Waals surface area contributed by atoms with Gasteiger partial charge in [0.25, 0.3) is 0 Å². The number of halogens is 1. The molecule has 0 amide bonds. The molecular formula is C12H24ClNO2. The van der Waals surface area contributed by atoms with Gasteiger partial charge in [-0.2, -0.15) is 0 Å². The summed E-state index contributed by atoms with van der Waals surface area (Å²) in [7, 11) is 0. The minimum absolute atomic E-state index is 0.202. The van der Waals surface area contributed by atoms with Gasteiger partial charge in [-0.3, -0.25) is 0 Å². The second kappa shape index (κ2) is 10.1. The van der Waals surface area contributed by atoms with Gasteiger partial charge in [0, 0.05) is 18.5 Å². The van der Waals surface area contributed by atoms with Crippen molar-refractivity contribution in [3.8, 4) is 0 Å². The molecule has 0 aliphatic carbocycles. The fraction of sp³-hybridized carbons (Fsp3) is 0.833. The molecule has 0 saturated carbocycles. The molecule has 0 rings (SSSR count). The second-order valence-corrected chi connectivity index (χ2v) is 4.44. The molecular weight excluding hydrogens is 226 g/mol. The van der Waals surface area contributed by atoms with Crippen LogP contribution >= 0.6 is 11.6 Å². The highest BCUT2D eigenvalue weighted by Crippen LogP contribution is 2.14. The van der Waals surface area contributed by atoms with Crippen molar-refractivity contribution >= 4 is 11.6 Å². The van der Waals surface area contributed by atoms with E-state index in [0.717, 1.165) is 25.9 Å². The normalized spacial score (nSPS) is 16.8. The van der Waals surface area contributed by atoms with Gasteiger partial charge in [-0.25, -0.2) is 0 Å². The fourth-order valence-corrected chi connectivity index (χ4v) is 1.72. The van der Waals surface area contributed by atoms with Crippen LogP contribution in [0.4, 0.5) is 0 Å². The maximum Gasteiger partial charge on any atom is 0.0828 e. The van der Waals surface area contributed by atoms with Crippen LogP contribution in [0.15, 0.2) is 12.7 Å². The molecule has 0 aromatic carbocycles. The lowest BCUT2D eigenvalue weighted by Crippen LogP contribution is -2.41. The Hall–Kier alpha value is -0.0900. The molecule has 0 bridgehead atoms. The first kappa shape index (κ1) is 15.9. The Balaban J connectivity index is 3.49. The number of aliphatic hydroxyl groups excluding tert-OH is 1. The smallest absolute Gasteiger partial charge is 0.0828 e. The predicted octanol–water partition coefficient (Wildman–Crippen LogP) is 1.92. The van der Waals surface area contributed by atoms with E-state index in [0.29, 0.717) is 6.61 Å². The highest BCUT2D eigenvalue weighted by atomic mass is 35.5. The van der Waals surface area contributed by atoms with Crippen LogP contribution in [0.5, 0.6) is 0 Å². The van der Waals surface area contributed by atoms with Crippen molar-refractivity contribution in [2.45, 2.75) is 38.3 Å². The van der Waals surface area contributed by atoms with Gasteiger partial charge in [0.05, 0.1) is 12.7 Å². The van der Waals surface area contributed by atoms with E-state index in [9.17, 15) is 5.11 Å². The summed E-state index contributed by atoms with van der Waals surface area (Å²) in [5, 5.41) is 9.48. The van der Waals surface area contributed by atoms with Crippen molar-refractivity contribution in [3.63, 3.8) is 0 Å². The van der Waals surface area contributed by atoms with Crippen molar-refractivity contribution in [1.82, 2.24) is 0 Å². The quantitative estimate of drug-likeness (QED) is 0.353. The minimum atomic E-state index is -0.603. The zero-order chi connectivity index (χ0) is 12.4. The van der Waals surface area contributed by atoms with Crippen LogP contribution in [0, 0.1) is 5.92 Å². The minimum Gasteiger partial charge on any atom is -0.390 e. The molecule has 0 aliphatic heterocycles. The SMILES string of the molecule is C=CCOCCCCC(C)[C@H](N)[C@H](O)CCl. The predicted molar refractivity (Wildman–Crippen MR) is 68.7 cm³/mol. The van der Waals surface area contributed by atoms with E-state index in [4.69, 9.17) is 22.1 Å². The molecule has 16 heavy (non-hydrogen) atoms. The summed E-state index contributed by atoms with van der Waals surface area (Å²) in [6.45, 7) is 6.99. The van der Waals surface area contributed by atoms with Gasteiger partial charge in [0.1, 0.15) is 0 Å². The lowest BCUT2D eigenvalue weighted by molar-refractivity contribution is 0.132. The van der Waals surface area contributed by atoms with Crippen molar-refractivity contribution in [1.29, 1.82) is 0 Å². The van der Waals surface area contributed by atoms with Crippen molar-refractivity contribution in [2.24, 2.45) is 11.7 Å². The summed E-state index contributed by atoms with van der Waals surface area (Å²) in [5.41, 5.74) is 5.85. The average molecular weight is 250 g/mol. The number of nitrogens with two attached hydrogens (primary N) is 1. The molecule has 3 N–H and O–H groups in total. The van der Waals surface area contributed by atoms with E-state index < -0.39 is 6.10 Å². The van der Waals surface area contributed by atoms with Crippen LogP contribution in [0.25, 0.3) is 0 Å². The van der Waals surface area contributed by atoms with Crippen LogP contribution in [-0.2, 0) is 4.74 Å². The van der Waals surface area contributed by atoms with Crippen LogP contribution in [0.1, 0.15) is 26.2 Å². The second-order valence-electron chi connectivity index (χ2n) is 4.14. The molecule has 0 aromatic rings. The van der Waals surface area contributed by atoms with E-state index in [-0.39, 0.29) is 17.8 Å². The molecule has 1 unspecified atom stereocenters. The van der Waals surface area contributed by atoms with E-state index >= 15 is 0 Å². The van der Waals surface area contributed by atoms with Crippen LogP contribution in [0.2, 0.25) is 0 Å². The number of unbranched alkanes of at least 4 members (excludes halogenated alkanes) is 1. The van der Waals surface area contributed by atoms with Gasteiger partial charge in [0.2, 0.25) is 0 Å². The maximum atomic E-state index is 9.48. The molecule has 0 aliphatic rings. The summed E-state index contributed by atoms with van der Waals surface area (Å²) >= 11 is 5.55. The monoisotopic (exact) mass is 249 g/mol. The molecule has 0 radical (unpaired) electrons. The Morgan fingerprint density at radius 3 is 2.75 bits per heavy atom. The summed E-state index contributed by atoms with van der Waals surface area (Å²) in [6, 6.07) is -0.230. The number of hydrogen-bond acceptors (Lipinski definition) is 3. The van der Waals surface area contributed by atoms with E-state index in [1.165, 1.54) is 0 Å². The summed E-state index contributed by atoms with van der Waals surface area (Å²) in [5.74, 6) is 0.488. The lowest BCUT2D eigenvalue weighted by Gasteiger charge is -2.23. The van der Waals surface area contributed by atoms with Gasteiger partial charge in [-0.15, -0.1) is 18.2 Å². The molecule has 96 valence electrons. The molecule has 0 fully saturated rings. The van der Waals surface area contributed by atoms with Crippen molar-refractivity contribution in [3.05, 3.63) is 12.7 Å². The van der Waals surface area contributed by atoms with Crippen molar-refractivity contribution < 1.29 is 9.84 Å². The van der Waals surface area contributed by atoms with Crippen LogP contribution < -0.4 is 5.73 Å². The van der Waals surface area contributed by atoms with Gasteiger partial charge in [-0.1, -0.05) is 19.4 Å². The molecule has 0 saturated heterocycles. The maximum absolute atomic E-state index is 9.48. The standard InChI is InChI=1S/C12H24ClNO2/c1-3-7-16-8-5-4-6-10(2)12(14)11(15)9-13/h3,10-12,15H,1,4-9,14H2,2H3/t10?,11-,12+/m1/s1. The van der Waals surface area contributed by atoms with Gasteiger partial charge in [-0.05, 0) is 18.8 Å². The molecule has 4 heteroatoms.